The summed E-state index contributed by atoms with van der Waals surface area (Å²) in [6.07, 6.45) is 2.04. The minimum absolute atomic E-state index is 0.0461. The summed E-state index contributed by atoms with van der Waals surface area (Å²) in [6.45, 7) is 2.00. The largest absolute Gasteiger partial charge is 0.451 e. The molecule has 0 spiro atoms. The number of nitrogens with one attached hydrogen (secondary N) is 1. The zero-order chi connectivity index (χ0) is 17.8. The van der Waals surface area contributed by atoms with E-state index in [0.29, 0.717) is 12.3 Å². The SMILES string of the molecule is C[C@H](OC(=O)CN1CCSC1=O)C(=O)N[C@H]1CCCc2ccccc21. The van der Waals surface area contributed by atoms with Crippen LogP contribution in [0.15, 0.2) is 24.3 Å². The second-order valence-electron chi connectivity index (χ2n) is 6.32. The average molecular weight is 362 g/mol. The van der Waals surface area contributed by atoms with Crippen LogP contribution < -0.4 is 5.32 Å². The van der Waals surface area contributed by atoms with Gasteiger partial charge in [0, 0.05) is 12.3 Å². The molecule has 0 bridgehead atoms. The van der Waals surface area contributed by atoms with Gasteiger partial charge in [-0.25, -0.2) is 0 Å². The van der Waals surface area contributed by atoms with Crippen LogP contribution in [0.5, 0.6) is 0 Å². The Kier molecular flexibility index (Phi) is 5.63. The van der Waals surface area contributed by atoms with Gasteiger partial charge in [0.25, 0.3) is 11.1 Å². The highest BCUT2D eigenvalue weighted by Gasteiger charge is 2.28. The monoisotopic (exact) mass is 362 g/mol. The van der Waals surface area contributed by atoms with Crippen LogP contribution in [-0.2, 0) is 20.7 Å². The second kappa shape index (κ2) is 7.91. The highest BCUT2D eigenvalue weighted by molar-refractivity contribution is 8.13. The van der Waals surface area contributed by atoms with Gasteiger partial charge in [-0.15, -0.1) is 0 Å². The van der Waals surface area contributed by atoms with Crippen molar-refractivity contribution in [3.8, 4) is 0 Å². The van der Waals surface area contributed by atoms with Crippen molar-refractivity contribution in [2.75, 3.05) is 18.8 Å². The third kappa shape index (κ3) is 4.34. The zero-order valence-electron chi connectivity index (χ0n) is 14.2. The van der Waals surface area contributed by atoms with E-state index in [0.717, 1.165) is 24.8 Å². The van der Waals surface area contributed by atoms with Crippen molar-refractivity contribution in [2.45, 2.75) is 38.3 Å². The summed E-state index contributed by atoms with van der Waals surface area (Å²) in [4.78, 5) is 37.3. The van der Waals surface area contributed by atoms with Gasteiger partial charge in [0.2, 0.25) is 0 Å². The number of fused-ring (bicyclic) bond motifs is 1. The van der Waals surface area contributed by atoms with Crippen LogP contribution in [0.4, 0.5) is 4.79 Å². The molecule has 0 saturated carbocycles. The molecule has 2 atom stereocenters. The Morgan fingerprint density at radius 1 is 1.40 bits per heavy atom. The van der Waals surface area contributed by atoms with Gasteiger partial charge in [-0.1, -0.05) is 36.0 Å². The average Bonchev–Trinajstić information content (AvgIpc) is 2.99. The minimum atomic E-state index is -0.882. The van der Waals surface area contributed by atoms with Gasteiger partial charge in [0.05, 0.1) is 6.04 Å². The lowest BCUT2D eigenvalue weighted by atomic mass is 9.87. The van der Waals surface area contributed by atoms with Crippen LogP contribution in [-0.4, -0.2) is 47.0 Å². The van der Waals surface area contributed by atoms with Crippen molar-refractivity contribution < 1.29 is 19.1 Å². The molecule has 134 valence electrons. The Balaban J connectivity index is 1.53. The van der Waals surface area contributed by atoms with Crippen LogP contribution in [0.2, 0.25) is 0 Å². The number of amides is 2. The normalized spacial score (nSPS) is 20.8. The number of nitrogens with zero attached hydrogens (tertiary/aromatic N) is 1. The van der Waals surface area contributed by atoms with Crippen molar-refractivity contribution in [3.05, 3.63) is 35.4 Å². The number of aryl methyl sites for hydroxylation is 1. The van der Waals surface area contributed by atoms with Crippen LogP contribution in [0, 0.1) is 0 Å². The molecule has 3 rings (SSSR count). The van der Waals surface area contributed by atoms with Gasteiger partial charge in [-0.2, -0.15) is 0 Å². The van der Waals surface area contributed by atoms with Crippen molar-refractivity contribution in [3.63, 3.8) is 0 Å². The van der Waals surface area contributed by atoms with E-state index in [1.807, 2.05) is 18.2 Å². The zero-order valence-corrected chi connectivity index (χ0v) is 15.0. The number of hydrogen-bond acceptors (Lipinski definition) is 5. The summed E-state index contributed by atoms with van der Waals surface area (Å²) < 4.78 is 5.20. The fraction of sp³-hybridized carbons (Fsp3) is 0.500. The number of thioether (sulfide) groups is 1. The molecule has 7 heteroatoms. The van der Waals surface area contributed by atoms with Gasteiger partial charge in [-0.05, 0) is 37.3 Å². The number of carbonyl (C=O) groups is 3. The van der Waals surface area contributed by atoms with Crippen LogP contribution >= 0.6 is 11.8 Å². The molecule has 0 aromatic heterocycles. The number of hydrogen-bond donors (Lipinski definition) is 1. The topological polar surface area (TPSA) is 75.7 Å². The molecule has 0 radical (unpaired) electrons. The number of ether oxygens (including phenoxy) is 1. The molecule has 2 aliphatic rings. The molecule has 1 aromatic carbocycles. The molecule has 1 aliphatic heterocycles. The summed E-state index contributed by atoms with van der Waals surface area (Å²) in [5, 5.41) is 2.86. The van der Waals surface area contributed by atoms with E-state index >= 15 is 0 Å². The van der Waals surface area contributed by atoms with Gasteiger partial charge < -0.3 is 15.0 Å². The van der Waals surface area contributed by atoms with Crippen LogP contribution in [0.1, 0.15) is 36.9 Å². The second-order valence-corrected chi connectivity index (χ2v) is 7.37. The van der Waals surface area contributed by atoms with E-state index in [9.17, 15) is 14.4 Å². The van der Waals surface area contributed by atoms with Gasteiger partial charge in [-0.3, -0.25) is 14.4 Å². The van der Waals surface area contributed by atoms with E-state index in [4.69, 9.17) is 4.74 Å². The Morgan fingerprint density at radius 3 is 2.96 bits per heavy atom. The van der Waals surface area contributed by atoms with Crippen LogP contribution in [0.3, 0.4) is 0 Å². The molecule has 0 unspecified atom stereocenters. The predicted octanol–water partition coefficient (Wildman–Crippen LogP) is 2.28. The van der Waals surface area contributed by atoms with Crippen molar-refractivity contribution in [1.82, 2.24) is 10.2 Å². The summed E-state index contributed by atoms with van der Waals surface area (Å²) in [5.74, 6) is -0.178. The van der Waals surface area contributed by atoms with E-state index in [2.05, 4.69) is 11.4 Å². The van der Waals surface area contributed by atoms with Crippen molar-refractivity contribution in [2.24, 2.45) is 0 Å². The lowest BCUT2D eigenvalue weighted by Gasteiger charge is -2.27. The van der Waals surface area contributed by atoms with E-state index in [1.165, 1.54) is 22.2 Å². The maximum Gasteiger partial charge on any atom is 0.326 e. The quantitative estimate of drug-likeness (QED) is 0.814. The minimum Gasteiger partial charge on any atom is -0.451 e. The molecule has 1 saturated heterocycles. The summed E-state index contributed by atoms with van der Waals surface area (Å²) in [6, 6.07) is 8.05. The number of carbonyl (C=O) groups excluding carboxylic acids is 3. The smallest absolute Gasteiger partial charge is 0.326 e. The molecule has 1 heterocycles. The Morgan fingerprint density at radius 2 is 2.20 bits per heavy atom. The first-order valence-electron chi connectivity index (χ1n) is 8.54. The van der Waals surface area contributed by atoms with E-state index < -0.39 is 12.1 Å². The fourth-order valence-corrected chi connectivity index (χ4v) is 4.03. The van der Waals surface area contributed by atoms with Gasteiger partial charge >= 0.3 is 5.97 Å². The molecule has 6 nitrogen and oxygen atoms in total. The Labute approximate surface area is 151 Å². The van der Waals surface area contributed by atoms with Crippen molar-refractivity contribution in [1.29, 1.82) is 0 Å². The maximum absolute atomic E-state index is 12.4. The number of esters is 1. The first-order chi connectivity index (χ1) is 12.0. The highest BCUT2D eigenvalue weighted by atomic mass is 32.2. The van der Waals surface area contributed by atoms with E-state index in [-0.39, 0.29) is 23.7 Å². The molecular weight excluding hydrogens is 340 g/mol. The molecule has 2 amide bonds. The Bertz CT molecular complexity index is 679. The molecule has 1 fully saturated rings. The predicted molar refractivity (Wildman–Crippen MR) is 95.2 cm³/mol. The van der Waals surface area contributed by atoms with Gasteiger partial charge in [0.15, 0.2) is 6.10 Å². The maximum atomic E-state index is 12.4. The summed E-state index contributed by atoms with van der Waals surface area (Å²) in [7, 11) is 0. The molecule has 1 aliphatic carbocycles. The highest BCUT2D eigenvalue weighted by Crippen LogP contribution is 2.29. The van der Waals surface area contributed by atoms with E-state index in [1.54, 1.807) is 6.92 Å². The third-order valence-corrected chi connectivity index (χ3v) is 5.42. The lowest BCUT2D eigenvalue weighted by molar-refractivity contribution is -0.155. The third-order valence-electron chi connectivity index (χ3n) is 4.53. The Hall–Kier alpha value is -2.02. The van der Waals surface area contributed by atoms with Crippen LogP contribution in [0.25, 0.3) is 0 Å². The van der Waals surface area contributed by atoms with Crippen molar-refractivity contribution >= 4 is 28.9 Å². The first kappa shape index (κ1) is 17.8. The fourth-order valence-electron chi connectivity index (χ4n) is 3.21. The number of rotatable bonds is 5. The standard InChI is InChI=1S/C18H22N2O4S/c1-12(24-16(21)11-20-9-10-25-18(20)23)17(22)19-15-8-4-6-13-5-2-3-7-14(13)15/h2-3,5,7,12,15H,4,6,8-11H2,1H3,(H,19,22)/t12-,15-/m0/s1. The lowest BCUT2D eigenvalue weighted by Crippen LogP contribution is -2.41. The first-order valence-corrected chi connectivity index (χ1v) is 9.52. The summed E-state index contributed by atoms with van der Waals surface area (Å²) >= 11 is 1.19. The molecular formula is C18H22N2O4S. The molecule has 1 aromatic rings. The molecule has 1 N–H and O–H groups in total. The van der Waals surface area contributed by atoms with Gasteiger partial charge in [0.1, 0.15) is 6.54 Å². The number of benzene rings is 1. The summed E-state index contributed by atoms with van der Waals surface area (Å²) in [5.41, 5.74) is 2.40. The molecule has 25 heavy (non-hydrogen) atoms.